The summed E-state index contributed by atoms with van der Waals surface area (Å²) in [6.07, 6.45) is 3.58. The Morgan fingerprint density at radius 2 is 1.94 bits per heavy atom. The van der Waals surface area contributed by atoms with E-state index in [1.165, 1.54) is 37.1 Å². The molecule has 100 valence electrons. The lowest BCUT2D eigenvalue weighted by atomic mass is 9.93. The molecule has 2 atom stereocenters. The quantitative estimate of drug-likeness (QED) is 0.865. The molecule has 2 N–H and O–H groups in total. The number of nitrogens with zero attached hydrogens (tertiary/aromatic N) is 1. The summed E-state index contributed by atoms with van der Waals surface area (Å²) in [7, 11) is 0. The van der Waals surface area contributed by atoms with Crippen LogP contribution in [-0.2, 0) is 6.42 Å². The van der Waals surface area contributed by atoms with Gasteiger partial charge in [0, 0.05) is 6.04 Å². The van der Waals surface area contributed by atoms with E-state index >= 15 is 0 Å². The van der Waals surface area contributed by atoms with Crippen LogP contribution in [0.2, 0.25) is 0 Å². The van der Waals surface area contributed by atoms with Crippen molar-refractivity contribution in [1.82, 2.24) is 4.90 Å². The maximum absolute atomic E-state index is 5.95. The standard InChI is InChI=1S/C16H26N2/c1-3-10-18-11-9-15(12-17)16(18)14-7-5-13(4-2)6-8-14/h5-8,15-16H,3-4,9-12,17H2,1-2H3. The molecule has 1 saturated heterocycles. The third kappa shape index (κ3) is 2.76. The van der Waals surface area contributed by atoms with E-state index in [0.717, 1.165) is 13.0 Å². The smallest absolute Gasteiger partial charge is 0.0388 e. The molecule has 1 heterocycles. The number of nitrogens with two attached hydrogens (primary N) is 1. The second kappa shape index (κ2) is 6.35. The number of aryl methyl sites for hydroxylation is 1. The predicted molar refractivity (Wildman–Crippen MR) is 77.6 cm³/mol. The van der Waals surface area contributed by atoms with Gasteiger partial charge in [0.1, 0.15) is 0 Å². The molecule has 1 aromatic rings. The Labute approximate surface area is 111 Å². The number of likely N-dealkylation sites (tertiary alicyclic amines) is 1. The lowest BCUT2D eigenvalue weighted by molar-refractivity contribution is 0.230. The minimum absolute atomic E-state index is 0.542. The Hall–Kier alpha value is -0.860. The molecule has 0 radical (unpaired) electrons. The summed E-state index contributed by atoms with van der Waals surface area (Å²) in [5.41, 5.74) is 8.82. The minimum Gasteiger partial charge on any atom is -0.330 e. The van der Waals surface area contributed by atoms with Crippen LogP contribution in [0.4, 0.5) is 0 Å². The number of benzene rings is 1. The molecule has 2 nitrogen and oxygen atoms in total. The lowest BCUT2D eigenvalue weighted by Gasteiger charge is -2.28. The zero-order valence-electron chi connectivity index (χ0n) is 11.7. The average molecular weight is 246 g/mol. The van der Waals surface area contributed by atoms with Crippen molar-refractivity contribution in [3.63, 3.8) is 0 Å². The van der Waals surface area contributed by atoms with Crippen molar-refractivity contribution in [3.05, 3.63) is 35.4 Å². The molecule has 0 saturated carbocycles. The van der Waals surface area contributed by atoms with E-state index in [-0.39, 0.29) is 0 Å². The molecule has 0 amide bonds. The van der Waals surface area contributed by atoms with Gasteiger partial charge in [-0.2, -0.15) is 0 Å². The van der Waals surface area contributed by atoms with Crippen LogP contribution in [0.25, 0.3) is 0 Å². The first-order valence-electron chi connectivity index (χ1n) is 7.33. The highest BCUT2D eigenvalue weighted by Gasteiger charge is 2.33. The third-order valence-corrected chi connectivity index (χ3v) is 4.17. The summed E-state index contributed by atoms with van der Waals surface area (Å²) in [5, 5.41) is 0. The zero-order valence-corrected chi connectivity index (χ0v) is 11.7. The van der Waals surface area contributed by atoms with Crippen LogP contribution in [0.3, 0.4) is 0 Å². The van der Waals surface area contributed by atoms with Gasteiger partial charge in [-0.25, -0.2) is 0 Å². The first-order valence-corrected chi connectivity index (χ1v) is 7.33. The van der Waals surface area contributed by atoms with E-state index in [1.54, 1.807) is 0 Å². The first-order chi connectivity index (χ1) is 8.80. The highest BCUT2D eigenvalue weighted by Crippen LogP contribution is 2.36. The Kier molecular flexibility index (Phi) is 4.79. The predicted octanol–water partition coefficient (Wildman–Crippen LogP) is 2.98. The number of hydrogen-bond acceptors (Lipinski definition) is 2. The van der Waals surface area contributed by atoms with Gasteiger partial charge in [-0.05, 0) is 55.9 Å². The topological polar surface area (TPSA) is 29.3 Å². The number of hydrogen-bond donors (Lipinski definition) is 1. The van der Waals surface area contributed by atoms with Crippen molar-refractivity contribution >= 4 is 0 Å². The molecule has 18 heavy (non-hydrogen) atoms. The SMILES string of the molecule is CCCN1CCC(CN)C1c1ccc(CC)cc1. The van der Waals surface area contributed by atoms with Crippen molar-refractivity contribution in [2.45, 2.75) is 39.2 Å². The van der Waals surface area contributed by atoms with Gasteiger partial charge in [0.05, 0.1) is 0 Å². The van der Waals surface area contributed by atoms with E-state index in [4.69, 9.17) is 5.73 Å². The Bertz CT molecular complexity index is 358. The normalized spacial score (nSPS) is 24.6. The molecule has 1 fully saturated rings. The van der Waals surface area contributed by atoms with E-state index in [1.807, 2.05) is 0 Å². The summed E-state index contributed by atoms with van der Waals surface area (Å²) >= 11 is 0. The second-order valence-electron chi connectivity index (χ2n) is 5.36. The molecule has 2 unspecified atom stereocenters. The average Bonchev–Trinajstić information content (AvgIpc) is 2.82. The fraction of sp³-hybridized carbons (Fsp3) is 0.625. The van der Waals surface area contributed by atoms with Gasteiger partial charge < -0.3 is 5.73 Å². The molecule has 1 aromatic carbocycles. The van der Waals surface area contributed by atoms with Gasteiger partial charge in [-0.1, -0.05) is 38.1 Å². The van der Waals surface area contributed by atoms with Gasteiger partial charge in [0.25, 0.3) is 0 Å². The largest absolute Gasteiger partial charge is 0.330 e. The summed E-state index contributed by atoms with van der Waals surface area (Å²) in [4.78, 5) is 2.61. The molecule has 0 aromatic heterocycles. The Morgan fingerprint density at radius 3 is 2.50 bits per heavy atom. The molecular formula is C16H26N2. The highest BCUT2D eigenvalue weighted by atomic mass is 15.2. The van der Waals surface area contributed by atoms with Crippen LogP contribution in [-0.4, -0.2) is 24.5 Å². The summed E-state index contributed by atoms with van der Waals surface area (Å²) in [6.45, 7) is 7.66. The van der Waals surface area contributed by atoms with Crippen LogP contribution in [0.5, 0.6) is 0 Å². The summed E-state index contributed by atoms with van der Waals surface area (Å²) in [5.74, 6) is 0.629. The molecule has 1 aliphatic heterocycles. The minimum atomic E-state index is 0.542. The fourth-order valence-electron chi connectivity index (χ4n) is 3.15. The van der Waals surface area contributed by atoms with E-state index in [2.05, 4.69) is 43.0 Å². The van der Waals surface area contributed by atoms with Gasteiger partial charge in [0.2, 0.25) is 0 Å². The van der Waals surface area contributed by atoms with E-state index < -0.39 is 0 Å². The van der Waals surface area contributed by atoms with Crippen molar-refractivity contribution in [3.8, 4) is 0 Å². The van der Waals surface area contributed by atoms with Crippen LogP contribution in [0.1, 0.15) is 43.9 Å². The molecule has 2 heteroatoms. The number of rotatable bonds is 5. The molecule has 0 aliphatic carbocycles. The van der Waals surface area contributed by atoms with Crippen molar-refractivity contribution in [1.29, 1.82) is 0 Å². The lowest BCUT2D eigenvalue weighted by Crippen LogP contribution is -2.28. The van der Waals surface area contributed by atoms with Crippen LogP contribution >= 0.6 is 0 Å². The zero-order chi connectivity index (χ0) is 13.0. The Balaban J connectivity index is 2.19. The Morgan fingerprint density at radius 1 is 1.22 bits per heavy atom. The van der Waals surface area contributed by atoms with Crippen molar-refractivity contribution < 1.29 is 0 Å². The van der Waals surface area contributed by atoms with Crippen molar-refractivity contribution in [2.75, 3.05) is 19.6 Å². The first kappa shape index (κ1) is 13.6. The van der Waals surface area contributed by atoms with Gasteiger partial charge in [-0.3, -0.25) is 4.90 Å². The van der Waals surface area contributed by atoms with Crippen molar-refractivity contribution in [2.24, 2.45) is 11.7 Å². The molecule has 0 spiro atoms. The second-order valence-corrected chi connectivity index (χ2v) is 5.36. The maximum Gasteiger partial charge on any atom is 0.0388 e. The van der Waals surface area contributed by atoms with E-state index in [0.29, 0.717) is 12.0 Å². The summed E-state index contributed by atoms with van der Waals surface area (Å²) in [6, 6.07) is 9.69. The monoisotopic (exact) mass is 246 g/mol. The highest BCUT2D eigenvalue weighted by molar-refractivity contribution is 5.26. The molecule has 0 bridgehead atoms. The van der Waals surface area contributed by atoms with E-state index in [9.17, 15) is 0 Å². The maximum atomic E-state index is 5.95. The van der Waals surface area contributed by atoms with Crippen LogP contribution in [0.15, 0.2) is 24.3 Å². The van der Waals surface area contributed by atoms with Gasteiger partial charge in [-0.15, -0.1) is 0 Å². The van der Waals surface area contributed by atoms with Gasteiger partial charge >= 0.3 is 0 Å². The summed E-state index contributed by atoms with van der Waals surface area (Å²) < 4.78 is 0. The molecule has 2 rings (SSSR count). The fourth-order valence-corrected chi connectivity index (χ4v) is 3.15. The molecule has 1 aliphatic rings. The molecular weight excluding hydrogens is 220 g/mol. The third-order valence-electron chi connectivity index (χ3n) is 4.17. The van der Waals surface area contributed by atoms with Gasteiger partial charge in [0.15, 0.2) is 0 Å². The van der Waals surface area contributed by atoms with Crippen LogP contribution in [0, 0.1) is 5.92 Å². The van der Waals surface area contributed by atoms with Crippen LogP contribution < -0.4 is 5.73 Å².